The highest BCUT2D eigenvalue weighted by Crippen LogP contribution is 2.32. The Balaban J connectivity index is 1.47. The lowest BCUT2D eigenvalue weighted by atomic mass is 9.96. The molecule has 158 valence electrons. The molecular formula is C20H24F3N3O3. The molecular weight excluding hydrogens is 387 g/mol. The molecule has 9 heteroatoms. The fourth-order valence-corrected chi connectivity index (χ4v) is 3.38. The number of likely N-dealkylation sites (tertiary alicyclic amines) is 1. The van der Waals surface area contributed by atoms with Crippen LogP contribution in [0.15, 0.2) is 22.6 Å². The summed E-state index contributed by atoms with van der Waals surface area (Å²) in [5.41, 5.74) is -0.260. The number of hydrogen-bond acceptors (Lipinski definition) is 5. The number of amides is 1. The maximum absolute atomic E-state index is 12.7. The van der Waals surface area contributed by atoms with E-state index in [0.29, 0.717) is 25.0 Å². The number of aromatic hydroxyl groups is 1. The van der Waals surface area contributed by atoms with Gasteiger partial charge in [-0.25, -0.2) is 4.98 Å². The molecule has 1 aromatic heterocycles. The van der Waals surface area contributed by atoms with Gasteiger partial charge in [-0.15, -0.1) is 0 Å². The predicted octanol–water partition coefficient (Wildman–Crippen LogP) is 3.66. The lowest BCUT2D eigenvalue weighted by Gasteiger charge is -2.31. The van der Waals surface area contributed by atoms with Crippen LogP contribution >= 0.6 is 0 Å². The van der Waals surface area contributed by atoms with Crippen molar-refractivity contribution >= 4 is 5.91 Å². The van der Waals surface area contributed by atoms with E-state index < -0.39 is 23.4 Å². The van der Waals surface area contributed by atoms with Gasteiger partial charge in [-0.05, 0) is 63.9 Å². The van der Waals surface area contributed by atoms with Gasteiger partial charge in [-0.1, -0.05) is 0 Å². The van der Waals surface area contributed by atoms with Gasteiger partial charge in [0.2, 0.25) is 5.89 Å². The van der Waals surface area contributed by atoms with Crippen molar-refractivity contribution in [3.63, 3.8) is 0 Å². The zero-order chi connectivity index (χ0) is 21.2. The molecule has 0 saturated carbocycles. The molecule has 2 heterocycles. The van der Waals surface area contributed by atoms with Crippen LogP contribution in [0, 0.1) is 19.8 Å². The summed E-state index contributed by atoms with van der Waals surface area (Å²) in [6, 6.07) is 2.36. The molecule has 29 heavy (non-hydrogen) atoms. The molecule has 0 unspecified atom stereocenters. The molecule has 0 bridgehead atoms. The number of oxazole rings is 1. The van der Waals surface area contributed by atoms with E-state index in [9.17, 15) is 23.1 Å². The Bertz CT molecular complexity index is 852. The van der Waals surface area contributed by atoms with Gasteiger partial charge in [0.15, 0.2) is 0 Å². The first kappa shape index (κ1) is 21.2. The first-order valence-electron chi connectivity index (χ1n) is 9.47. The maximum atomic E-state index is 12.7. The number of alkyl halides is 3. The van der Waals surface area contributed by atoms with Crippen LogP contribution in [-0.2, 0) is 12.7 Å². The number of phenols is 1. The van der Waals surface area contributed by atoms with Crippen LogP contribution in [-0.4, -0.2) is 40.5 Å². The van der Waals surface area contributed by atoms with Gasteiger partial charge in [0, 0.05) is 6.54 Å². The molecule has 0 radical (unpaired) electrons. The Kier molecular flexibility index (Phi) is 6.16. The van der Waals surface area contributed by atoms with Gasteiger partial charge >= 0.3 is 6.18 Å². The zero-order valence-corrected chi connectivity index (χ0v) is 16.3. The second kappa shape index (κ2) is 8.44. The van der Waals surface area contributed by atoms with E-state index in [4.69, 9.17) is 4.42 Å². The summed E-state index contributed by atoms with van der Waals surface area (Å²) in [7, 11) is 0. The minimum absolute atomic E-state index is 0.162. The van der Waals surface area contributed by atoms with Gasteiger partial charge in [0.25, 0.3) is 5.91 Å². The van der Waals surface area contributed by atoms with Crippen LogP contribution in [0.1, 0.15) is 46.1 Å². The Labute approximate surface area is 166 Å². The Morgan fingerprint density at radius 1 is 1.31 bits per heavy atom. The van der Waals surface area contributed by atoms with Crippen molar-refractivity contribution in [3.8, 4) is 5.75 Å². The molecule has 1 saturated heterocycles. The Morgan fingerprint density at radius 2 is 2.00 bits per heavy atom. The summed E-state index contributed by atoms with van der Waals surface area (Å²) in [6.45, 7) is 6.53. The second-order valence-electron chi connectivity index (χ2n) is 7.41. The third kappa shape index (κ3) is 5.29. The fourth-order valence-electron chi connectivity index (χ4n) is 3.38. The molecule has 0 aliphatic carbocycles. The van der Waals surface area contributed by atoms with Crippen LogP contribution in [0.3, 0.4) is 0 Å². The normalized spacial score (nSPS) is 16.2. The summed E-state index contributed by atoms with van der Waals surface area (Å²) in [5.74, 6) is 0.529. The Morgan fingerprint density at radius 3 is 2.55 bits per heavy atom. The van der Waals surface area contributed by atoms with Gasteiger partial charge in [0.05, 0.1) is 23.4 Å². The van der Waals surface area contributed by atoms with E-state index in [0.717, 1.165) is 49.5 Å². The van der Waals surface area contributed by atoms with Crippen LogP contribution < -0.4 is 5.32 Å². The number of benzene rings is 1. The average molecular weight is 411 g/mol. The molecule has 1 aliphatic rings. The number of piperidine rings is 1. The standard InChI is InChI=1S/C20H24F3N3O3/c1-12-13(2)29-18(25-12)11-26-7-5-14(6-8-26)10-24-19(28)16-4-3-15(9-17(16)27)20(21,22)23/h3-4,9,14,27H,5-8,10-11H2,1-2H3,(H,24,28). The molecule has 2 N–H and O–H groups in total. The smallest absolute Gasteiger partial charge is 0.416 e. The molecule has 1 fully saturated rings. The van der Waals surface area contributed by atoms with Gasteiger partial charge < -0.3 is 14.8 Å². The largest absolute Gasteiger partial charge is 0.507 e. The number of rotatable bonds is 5. The van der Waals surface area contributed by atoms with E-state index >= 15 is 0 Å². The highest BCUT2D eigenvalue weighted by atomic mass is 19.4. The minimum Gasteiger partial charge on any atom is -0.507 e. The number of carbonyl (C=O) groups is 1. The monoisotopic (exact) mass is 411 g/mol. The Hall–Kier alpha value is -2.55. The molecule has 2 aromatic rings. The fraction of sp³-hybridized carbons (Fsp3) is 0.500. The number of nitrogens with one attached hydrogen (secondary N) is 1. The molecule has 1 amide bonds. The van der Waals surface area contributed by atoms with E-state index in [2.05, 4.69) is 15.2 Å². The highest BCUT2D eigenvalue weighted by Gasteiger charge is 2.31. The third-order valence-corrected chi connectivity index (χ3v) is 5.26. The SMILES string of the molecule is Cc1nc(CN2CCC(CNC(=O)c3ccc(C(F)(F)F)cc3O)CC2)oc1C. The van der Waals surface area contributed by atoms with E-state index in [-0.39, 0.29) is 11.5 Å². The van der Waals surface area contributed by atoms with E-state index in [1.165, 1.54) is 0 Å². The number of carbonyl (C=O) groups excluding carboxylic acids is 1. The zero-order valence-electron chi connectivity index (χ0n) is 16.3. The minimum atomic E-state index is -4.57. The number of nitrogens with zero attached hydrogens (tertiary/aromatic N) is 2. The number of phenolic OH excluding ortho intramolecular Hbond substituents is 1. The van der Waals surface area contributed by atoms with Crippen LogP contribution in [0.5, 0.6) is 5.75 Å². The summed E-state index contributed by atoms with van der Waals surface area (Å²) >= 11 is 0. The quantitative estimate of drug-likeness (QED) is 0.785. The van der Waals surface area contributed by atoms with E-state index in [1.807, 2.05) is 13.8 Å². The van der Waals surface area contributed by atoms with Crippen LogP contribution in [0.4, 0.5) is 13.2 Å². The van der Waals surface area contributed by atoms with Crippen LogP contribution in [0.25, 0.3) is 0 Å². The third-order valence-electron chi connectivity index (χ3n) is 5.26. The maximum Gasteiger partial charge on any atom is 0.416 e. The molecule has 0 spiro atoms. The molecule has 1 aliphatic heterocycles. The van der Waals surface area contributed by atoms with Crippen molar-refractivity contribution in [1.29, 1.82) is 0 Å². The number of aryl methyl sites for hydroxylation is 2. The lowest BCUT2D eigenvalue weighted by molar-refractivity contribution is -0.137. The van der Waals surface area contributed by atoms with Gasteiger partial charge in [-0.3, -0.25) is 9.69 Å². The van der Waals surface area contributed by atoms with Gasteiger partial charge in [0.1, 0.15) is 11.5 Å². The summed E-state index contributed by atoms with van der Waals surface area (Å²) in [4.78, 5) is 18.9. The summed E-state index contributed by atoms with van der Waals surface area (Å²) < 4.78 is 43.6. The van der Waals surface area contributed by atoms with Crippen LogP contribution in [0.2, 0.25) is 0 Å². The topological polar surface area (TPSA) is 78.6 Å². The predicted molar refractivity (Wildman–Crippen MR) is 99.4 cm³/mol. The van der Waals surface area contributed by atoms with Crippen molar-refractivity contribution in [2.24, 2.45) is 5.92 Å². The molecule has 1 aromatic carbocycles. The number of hydrogen-bond donors (Lipinski definition) is 2. The molecule has 6 nitrogen and oxygen atoms in total. The second-order valence-corrected chi connectivity index (χ2v) is 7.41. The number of aromatic nitrogens is 1. The molecule has 3 rings (SSSR count). The van der Waals surface area contributed by atoms with Gasteiger partial charge in [-0.2, -0.15) is 13.2 Å². The molecule has 0 atom stereocenters. The van der Waals surface area contributed by atoms with E-state index in [1.54, 1.807) is 0 Å². The first-order chi connectivity index (χ1) is 13.6. The van der Waals surface area contributed by atoms with Crippen molar-refractivity contribution in [1.82, 2.24) is 15.2 Å². The first-order valence-corrected chi connectivity index (χ1v) is 9.47. The highest BCUT2D eigenvalue weighted by molar-refractivity contribution is 5.96. The van der Waals surface area contributed by atoms with Crippen molar-refractivity contribution in [2.75, 3.05) is 19.6 Å². The summed E-state index contributed by atoms with van der Waals surface area (Å²) in [6.07, 6.45) is -2.82. The summed E-state index contributed by atoms with van der Waals surface area (Å²) in [5, 5.41) is 12.5. The number of halogens is 3. The lowest BCUT2D eigenvalue weighted by Crippen LogP contribution is -2.38. The van der Waals surface area contributed by atoms with Crippen molar-refractivity contribution in [2.45, 2.75) is 39.4 Å². The van der Waals surface area contributed by atoms with Crippen molar-refractivity contribution in [3.05, 3.63) is 46.7 Å². The average Bonchev–Trinajstić information content (AvgIpc) is 2.97. The van der Waals surface area contributed by atoms with Crippen molar-refractivity contribution < 1.29 is 27.5 Å².